The highest BCUT2D eigenvalue weighted by atomic mass is 16.5. The molecule has 25 heavy (non-hydrogen) atoms. The second-order valence-electron chi connectivity index (χ2n) is 6.01. The Morgan fingerprint density at radius 3 is 2.36 bits per heavy atom. The van der Waals surface area contributed by atoms with Gasteiger partial charge in [-0.3, -0.25) is 19.3 Å². The van der Waals surface area contributed by atoms with E-state index in [1.54, 1.807) is 29.2 Å². The van der Waals surface area contributed by atoms with Gasteiger partial charge in [0, 0.05) is 18.7 Å². The largest absolute Gasteiger partial charge is 0.370 e. The number of anilines is 1. The maximum absolute atomic E-state index is 12.2. The maximum atomic E-state index is 12.2. The molecule has 4 N–H and O–H groups in total. The van der Waals surface area contributed by atoms with Gasteiger partial charge < -0.3 is 21.1 Å². The third-order valence-corrected chi connectivity index (χ3v) is 4.56. The summed E-state index contributed by atoms with van der Waals surface area (Å²) in [4.78, 5) is 50.2. The molecule has 2 aliphatic heterocycles. The molecule has 0 bridgehead atoms. The number of morpholine rings is 1. The van der Waals surface area contributed by atoms with E-state index in [0.29, 0.717) is 24.4 Å². The third-order valence-electron chi connectivity index (χ3n) is 4.56. The molecule has 2 saturated heterocycles. The number of hydrogen-bond acceptors (Lipinski definition) is 5. The monoisotopic (exact) mass is 346 g/mol. The van der Waals surface area contributed by atoms with E-state index in [0.717, 1.165) is 4.90 Å². The lowest BCUT2D eigenvalue weighted by molar-refractivity contribution is -0.128. The average Bonchev–Trinajstić information content (AvgIpc) is 2.94. The molecule has 0 spiro atoms. The van der Waals surface area contributed by atoms with Crippen LogP contribution in [0.1, 0.15) is 12.0 Å². The maximum Gasteiger partial charge on any atom is 0.316 e. The number of benzene rings is 1. The van der Waals surface area contributed by atoms with Crippen molar-refractivity contribution in [3.8, 4) is 0 Å². The Labute approximate surface area is 143 Å². The van der Waals surface area contributed by atoms with Crippen LogP contribution in [-0.4, -0.2) is 54.8 Å². The van der Waals surface area contributed by atoms with Gasteiger partial charge in [-0.05, 0) is 17.7 Å². The molecule has 4 amide bonds. The SMILES string of the molecule is NC(=O)N1CC(=O)C[C@]1(C(N)=O)c1ccc(N2CCOCC2=O)cc1. The van der Waals surface area contributed by atoms with E-state index in [9.17, 15) is 19.2 Å². The molecule has 1 aromatic rings. The van der Waals surface area contributed by atoms with Crippen LogP contribution in [0.3, 0.4) is 0 Å². The summed E-state index contributed by atoms with van der Waals surface area (Å²) in [6.45, 7) is 0.604. The van der Waals surface area contributed by atoms with Crippen molar-refractivity contribution >= 4 is 29.3 Å². The molecule has 0 aliphatic carbocycles. The predicted octanol–water partition coefficient (Wildman–Crippen LogP) is -0.916. The fourth-order valence-electron chi connectivity index (χ4n) is 3.34. The molecule has 2 aliphatic rings. The highest BCUT2D eigenvalue weighted by Gasteiger charge is 2.53. The summed E-state index contributed by atoms with van der Waals surface area (Å²) in [7, 11) is 0. The Hall–Kier alpha value is -2.94. The van der Waals surface area contributed by atoms with Crippen molar-refractivity contribution in [1.29, 1.82) is 0 Å². The number of carbonyl (C=O) groups excluding carboxylic acids is 4. The number of carbonyl (C=O) groups is 4. The molecule has 0 saturated carbocycles. The van der Waals surface area contributed by atoms with Gasteiger partial charge in [0.1, 0.15) is 6.61 Å². The van der Waals surface area contributed by atoms with Crippen molar-refractivity contribution in [3.05, 3.63) is 29.8 Å². The highest BCUT2D eigenvalue weighted by molar-refractivity contribution is 6.01. The molecule has 0 aromatic heterocycles. The first-order chi connectivity index (χ1) is 11.9. The zero-order chi connectivity index (χ0) is 18.2. The van der Waals surface area contributed by atoms with Crippen molar-refractivity contribution in [2.45, 2.75) is 12.0 Å². The first-order valence-corrected chi connectivity index (χ1v) is 7.73. The molecule has 132 valence electrons. The molecule has 2 heterocycles. The predicted molar refractivity (Wildman–Crippen MR) is 86.4 cm³/mol. The first kappa shape index (κ1) is 16.9. The Balaban J connectivity index is 1.98. The number of hydrogen-bond donors (Lipinski definition) is 2. The van der Waals surface area contributed by atoms with Crippen LogP contribution in [0.15, 0.2) is 24.3 Å². The quantitative estimate of drug-likeness (QED) is 0.730. The van der Waals surface area contributed by atoms with Gasteiger partial charge in [-0.2, -0.15) is 0 Å². The topological polar surface area (TPSA) is 136 Å². The van der Waals surface area contributed by atoms with E-state index < -0.39 is 17.5 Å². The van der Waals surface area contributed by atoms with Crippen LogP contribution in [0.4, 0.5) is 10.5 Å². The molecule has 9 nitrogen and oxygen atoms in total. The fourth-order valence-corrected chi connectivity index (χ4v) is 3.34. The van der Waals surface area contributed by atoms with Gasteiger partial charge in [0.05, 0.1) is 13.2 Å². The number of primary amides is 2. The van der Waals surface area contributed by atoms with E-state index in [4.69, 9.17) is 16.2 Å². The lowest BCUT2D eigenvalue weighted by Crippen LogP contribution is -2.55. The number of nitrogens with zero attached hydrogens (tertiary/aromatic N) is 2. The minimum atomic E-state index is -1.60. The minimum absolute atomic E-state index is 0.0108. The second kappa shape index (κ2) is 6.17. The van der Waals surface area contributed by atoms with Crippen LogP contribution in [0, 0.1) is 0 Å². The fraction of sp³-hybridized carbons (Fsp3) is 0.375. The molecule has 0 radical (unpaired) electrons. The van der Waals surface area contributed by atoms with Crippen LogP contribution < -0.4 is 16.4 Å². The molecule has 3 rings (SSSR count). The summed E-state index contributed by atoms with van der Waals surface area (Å²) < 4.78 is 5.09. The van der Waals surface area contributed by atoms with Crippen LogP contribution in [0.25, 0.3) is 0 Å². The number of ether oxygens (including phenoxy) is 1. The van der Waals surface area contributed by atoms with Gasteiger partial charge in [-0.1, -0.05) is 12.1 Å². The number of urea groups is 1. The molecule has 9 heteroatoms. The van der Waals surface area contributed by atoms with E-state index >= 15 is 0 Å². The summed E-state index contributed by atoms with van der Waals surface area (Å²) >= 11 is 0. The number of amides is 4. The summed E-state index contributed by atoms with van der Waals surface area (Å²) in [5.74, 6) is -1.30. The van der Waals surface area contributed by atoms with Crippen molar-refractivity contribution < 1.29 is 23.9 Å². The zero-order valence-electron chi connectivity index (χ0n) is 13.4. The summed E-state index contributed by atoms with van der Waals surface area (Å²) in [6, 6.07) is 5.56. The van der Waals surface area contributed by atoms with Crippen molar-refractivity contribution in [1.82, 2.24) is 4.90 Å². The number of nitrogens with two attached hydrogens (primary N) is 2. The van der Waals surface area contributed by atoms with Crippen LogP contribution in [-0.2, 0) is 24.7 Å². The van der Waals surface area contributed by atoms with Gasteiger partial charge in [-0.15, -0.1) is 0 Å². The third kappa shape index (κ3) is 2.72. The average molecular weight is 346 g/mol. The second-order valence-corrected chi connectivity index (χ2v) is 6.01. The molecule has 1 atom stereocenters. The van der Waals surface area contributed by atoms with Gasteiger partial charge >= 0.3 is 6.03 Å². The molecular formula is C16H18N4O5. The first-order valence-electron chi connectivity index (χ1n) is 7.73. The number of Topliss-reactive ketones (excluding diaryl/α,β-unsaturated/α-hetero) is 1. The van der Waals surface area contributed by atoms with Gasteiger partial charge in [0.25, 0.3) is 5.91 Å². The van der Waals surface area contributed by atoms with E-state index in [2.05, 4.69) is 0 Å². The van der Waals surface area contributed by atoms with Crippen LogP contribution in [0.5, 0.6) is 0 Å². The van der Waals surface area contributed by atoms with Gasteiger partial charge in [-0.25, -0.2) is 4.79 Å². The zero-order valence-corrected chi connectivity index (χ0v) is 13.4. The highest BCUT2D eigenvalue weighted by Crippen LogP contribution is 2.38. The Morgan fingerprint density at radius 1 is 1.12 bits per heavy atom. The lowest BCUT2D eigenvalue weighted by atomic mass is 9.86. The summed E-state index contributed by atoms with van der Waals surface area (Å²) in [5, 5.41) is 0. The normalized spacial score (nSPS) is 23.8. The number of rotatable bonds is 3. The Kier molecular flexibility index (Phi) is 4.17. The van der Waals surface area contributed by atoms with Crippen LogP contribution >= 0.6 is 0 Å². The smallest absolute Gasteiger partial charge is 0.316 e. The summed E-state index contributed by atoms with van der Waals surface area (Å²) in [6.07, 6.45) is -0.221. The van der Waals surface area contributed by atoms with Crippen LogP contribution in [0.2, 0.25) is 0 Å². The standard InChI is InChI=1S/C16H18N4O5/c17-14(23)16(7-12(21)8-20(16)15(18)24)10-1-3-11(4-2-10)19-5-6-25-9-13(19)22/h1-4H,5-9H2,(H2,17,23)(H2,18,24)/t16-/m1/s1. The lowest BCUT2D eigenvalue weighted by Gasteiger charge is -2.34. The number of likely N-dealkylation sites (tertiary alicyclic amines) is 1. The van der Waals surface area contributed by atoms with Gasteiger partial charge in [0.15, 0.2) is 11.3 Å². The van der Waals surface area contributed by atoms with E-state index in [1.807, 2.05) is 0 Å². The minimum Gasteiger partial charge on any atom is -0.370 e. The molecule has 1 aromatic carbocycles. The molecule has 2 fully saturated rings. The number of ketones is 1. The van der Waals surface area contributed by atoms with Crippen molar-refractivity contribution in [2.75, 3.05) is 31.2 Å². The van der Waals surface area contributed by atoms with E-state index in [1.165, 1.54) is 0 Å². The van der Waals surface area contributed by atoms with E-state index in [-0.39, 0.29) is 31.3 Å². The Morgan fingerprint density at radius 2 is 1.80 bits per heavy atom. The molecular weight excluding hydrogens is 328 g/mol. The summed E-state index contributed by atoms with van der Waals surface area (Å²) in [5.41, 5.74) is 10.3. The van der Waals surface area contributed by atoms with Crippen molar-refractivity contribution in [2.24, 2.45) is 11.5 Å². The molecule has 0 unspecified atom stereocenters. The van der Waals surface area contributed by atoms with Gasteiger partial charge in [0.2, 0.25) is 5.91 Å². The Bertz CT molecular complexity index is 747. The van der Waals surface area contributed by atoms with Crippen molar-refractivity contribution in [3.63, 3.8) is 0 Å².